The lowest BCUT2D eigenvalue weighted by Gasteiger charge is -2.35. The molecule has 0 unspecified atom stereocenters. The molecule has 0 amide bonds. The van der Waals surface area contributed by atoms with Gasteiger partial charge >= 0.3 is 0 Å². The van der Waals surface area contributed by atoms with Gasteiger partial charge in [0, 0.05) is 26.2 Å². The molecule has 0 aliphatic carbocycles. The van der Waals surface area contributed by atoms with Gasteiger partial charge in [-0.3, -0.25) is 0 Å². The average Bonchev–Trinajstić information content (AvgIpc) is 2.46. The summed E-state index contributed by atoms with van der Waals surface area (Å²) in [6, 6.07) is 0. The Hall–Kier alpha value is -0.430. The highest BCUT2D eigenvalue weighted by Gasteiger charge is 2.32. The van der Waals surface area contributed by atoms with E-state index < -0.39 is 10.2 Å². The molecule has 0 radical (unpaired) electrons. The van der Waals surface area contributed by atoms with Crippen LogP contribution in [0.1, 0.15) is 26.2 Å². The zero-order chi connectivity index (χ0) is 13.7. The Balaban J connectivity index is 1.87. The molecule has 110 valence electrons. The molecule has 2 heterocycles. The first kappa shape index (κ1) is 15.0. The fourth-order valence-electron chi connectivity index (χ4n) is 2.69. The monoisotopic (exact) mass is 287 g/mol. The summed E-state index contributed by atoms with van der Waals surface area (Å²) < 4.78 is 28.2. The summed E-state index contributed by atoms with van der Waals surface area (Å²) in [6.07, 6.45) is 6.76. The number of nitrogens with zero attached hydrogens (tertiary/aromatic N) is 2. The fourth-order valence-corrected chi connectivity index (χ4v) is 4.29. The van der Waals surface area contributed by atoms with Crippen molar-refractivity contribution in [3.63, 3.8) is 0 Å². The van der Waals surface area contributed by atoms with E-state index in [4.69, 9.17) is 0 Å². The Morgan fingerprint density at radius 1 is 1.16 bits per heavy atom. The Morgan fingerprint density at radius 3 is 2.47 bits per heavy atom. The highest BCUT2D eigenvalue weighted by molar-refractivity contribution is 7.86. The third-order valence-electron chi connectivity index (χ3n) is 3.93. The van der Waals surface area contributed by atoms with Gasteiger partial charge in [-0.05, 0) is 38.3 Å². The van der Waals surface area contributed by atoms with E-state index >= 15 is 0 Å². The van der Waals surface area contributed by atoms with Crippen molar-refractivity contribution in [1.82, 2.24) is 13.9 Å². The number of hydrogen-bond donors (Lipinski definition) is 1. The molecule has 0 bridgehead atoms. The SMILES string of the molecule is CCNCC1CCN(S(=O)(=O)N2CC=CCC2)CC1. The third-order valence-corrected chi connectivity index (χ3v) is 5.93. The standard InChI is InChI=1S/C13H25N3O2S/c1-2-14-12-13-6-10-16(11-7-13)19(17,18)15-8-4-3-5-9-15/h3-4,13-14H,2,5-12H2,1H3. The summed E-state index contributed by atoms with van der Waals surface area (Å²) in [6.45, 7) is 6.58. The molecule has 0 aromatic carbocycles. The lowest BCUT2D eigenvalue weighted by molar-refractivity contribution is 0.252. The second kappa shape index (κ2) is 6.83. The topological polar surface area (TPSA) is 52.7 Å². The predicted molar refractivity (Wildman–Crippen MR) is 77.1 cm³/mol. The summed E-state index contributed by atoms with van der Waals surface area (Å²) in [5.41, 5.74) is 0. The van der Waals surface area contributed by atoms with Crippen LogP contribution in [-0.2, 0) is 10.2 Å². The second-order valence-corrected chi connectivity index (χ2v) is 7.20. The van der Waals surface area contributed by atoms with Crippen molar-refractivity contribution < 1.29 is 8.42 Å². The quantitative estimate of drug-likeness (QED) is 0.762. The molecule has 2 aliphatic rings. The maximum atomic E-state index is 12.5. The van der Waals surface area contributed by atoms with E-state index in [0.717, 1.165) is 32.4 Å². The molecule has 2 aliphatic heterocycles. The zero-order valence-electron chi connectivity index (χ0n) is 11.7. The highest BCUT2D eigenvalue weighted by atomic mass is 32.2. The Labute approximate surface area is 116 Å². The molecule has 0 aromatic heterocycles. The van der Waals surface area contributed by atoms with Gasteiger partial charge in [-0.25, -0.2) is 0 Å². The van der Waals surface area contributed by atoms with Gasteiger partial charge in [0.15, 0.2) is 0 Å². The molecule has 0 spiro atoms. The van der Waals surface area contributed by atoms with Gasteiger partial charge in [0.2, 0.25) is 0 Å². The summed E-state index contributed by atoms with van der Waals surface area (Å²) >= 11 is 0. The molecule has 1 N–H and O–H groups in total. The number of nitrogens with one attached hydrogen (secondary N) is 1. The molecular weight excluding hydrogens is 262 g/mol. The van der Waals surface area contributed by atoms with E-state index in [1.807, 2.05) is 6.08 Å². The number of hydrogen-bond acceptors (Lipinski definition) is 3. The Bertz CT molecular complexity index is 400. The molecular formula is C13H25N3O2S. The van der Waals surface area contributed by atoms with Crippen molar-refractivity contribution in [2.75, 3.05) is 39.3 Å². The van der Waals surface area contributed by atoms with Crippen LogP contribution >= 0.6 is 0 Å². The van der Waals surface area contributed by atoms with Crippen molar-refractivity contribution in [3.8, 4) is 0 Å². The van der Waals surface area contributed by atoms with Crippen molar-refractivity contribution in [2.24, 2.45) is 5.92 Å². The van der Waals surface area contributed by atoms with E-state index in [1.165, 1.54) is 0 Å². The second-order valence-electron chi connectivity index (χ2n) is 5.28. The maximum Gasteiger partial charge on any atom is 0.282 e. The van der Waals surface area contributed by atoms with Crippen molar-refractivity contribution in [2.45, 2.75) is 26.2 Å². The molecule has 5 nitrogen and oxygen atoms in total. The van der Waals surface area contributed by atoms with Gasteiger partial charge in [0.1, 0.15) is 0 Å². The van der Waals surface area contributed by atoms with Crippen molar-refractivity contribution in [3.05, 3.63) is 12.2 Å². The van der Waals surface area contributed by atoms with Gasteiger partial charge in [-0.15, -0.1) is 0 Å². The lowest BCUT2D eigenvalue weighted by atomic mass is 9.98. The van der Waals surface area contributed by atoms with Crippen LogP contribution in [0.4, 0.5) is 0 Å². The molecule has 0 atom stereocenters. The van der Waals surface area contributed by atoms with Crippen LogP contribution in [0.25, 0.3) is 0 Å². The first-order valence-corrected chi connectivity index (χ1v) is 8.65. The minimum atomic E-state index is -3.23. The minimum absolute atomic E-state index is 0.527. The van der Waals surface area contributed by atoms with Crippen LogP contribution in [0.2, 0.25) is 0 Å². The molecule has 1 saturated heterocycles. The Morgan fingerprint density at radius 2 is 1.89 bits per heavy atom. The van der Waals surface area contributed by atoms with E-state index in [1.54, 1.807) is 8.61 Å². The van der Waals surface area contributed by atoms with Crippen LogP contribution in [-0.4, -0.2) is 56.3 Å². The first-order chi connectivity index (χ1) is 9.14. The fraction of sp³-hybridized carbons (Fsp3) is 0.846. The van der Waals surface area contributed by atoms with Crippen LogP contribution in [0.15, 0.2) is 12.2 Å². The van der Waals surface area contributed by atoms with Gasteiger partial charge in [0.25, 0.3) is 10.2 Å². The molecule has 19 heavy (non-hydrogen) atoms. The number of piperidine rings is 1. The predicted octanol–water partition coefficient (Wildman–Crippen LogP) is 0.815. The molecule has 0 saturated carbocycles. The summed E-state index contributed by atoms with van der Waals surface area (Å²) in [4.78, 5) is 0. The van der Waals surface area contributed by atoms with E-state index in [9.17, 15) is 8.42 Å². The molecule has 6 heteroatoms. The normalized spacial score (nSPS) is 23.8. The minimum Gasteiger partial charge on any atom is -0.317 e. The zero-order valence-corrected chi connectivity index (χ0v) is 12.5. The highest BCUT2D eigenvalue weighted by Crippen LogP contribution is 2.21. The summed E-state index contributed by atoms with van der Waals surface area (Å²) in [7, 11) is -3.23. The average molecular weight is 287 g/mol. The van der Waals surface area contributed by atoms with Crippen molar-refractivity contribution >= 4 is 10.2 Å². The van der Waals surface area contributed by atoms with Crippen LogP contribution in [0, 0.1) is 5.92 Å². The van der Waals surface area contributed by atoms with Crippen LogP contribution < -0.4 is 5.32 Å². The van der Waals surface area contributed by atoms with Gasteiger partial charge in [-0.1, -0.05) is 19.1 Å². The maximum absolute atomic E-state index is 12.5. The van der Waals surface area contributed by atoms with Crippen molar-refractivity contribution in [1.29, 1.82) is 0 Å². The van der Waals surface area contributed by atoms with Gasteiger partial charge in [-0.2, -0.15) is 17.0 Å². The van der Waals surface area contributed by atoms with Gasteiger partial charge in [0.05, 0.1) is 0 Å². The third kappa shape index (κ3) is 3.78. The Kier molecular flexibility index (Phi) is 5.38. The number of rotatable bonds is 5. The molecule has 1 fully saturated rings. The van der Waals surface area contributed by atoms with Crippen LogP contribution in [0.5, 0.6) is 0 Å². The smallest absolute Gasteiger partial charge is 0.282 e. The summed E-state index contributed by atoms with van der Waals surface area (Å²) in [5, 5.41) is 3.35. The largest absolute Gasteiger partial charge is 0.317 e. The van der Waals surface area contributed by atoms with E-state index in [2.05, 4.69) is 18.3 Å². The summed E-state index contributed by atoms with van der Waals surface area (Å²) in [5.74, 6) is 0.618. The van der Waals surface area contributed by atoms with E-state index in [-0.39, 0.29) is 0 Å². The van der Waals surface area contributed by atoms with E-state index in [0.29, 0.717) is 32.1 Å². The van der Waals surface area contributed by atoms with Crippen LogP contribution in [0.3, 0.4) is 0 Å². The lowest BCUT2D eigenvalue weighted by Crippen LogP contribution is -2.48. The van der Waals surface area contributed by atoms with Gasteiger partial charge < -0.3 is 5.32 Å². The molecule has 0 aromatic rings. The first-order valence-electron chi connectivity index (χ1n) is 7.25. The molecule has 2 rings (SSSR count).